The van der Waals surface area contributed by atoms with Crippen LogP contribution in [0.2, 0.25) is 0 Å². The molecule has 0 aliphatic heterocycles. The lowest BCUT2D eigenvalue weighted by atomic mass is 10.0. The molecule has 0 saturated heterocycles. The molecule has 0 unspecified atom stereocenters. The van der Waals surface area contributed by atoms with E-state index in [-0.39, 0.29) is 24.4 Å². The van der Waals surface area contributed by atoms with E-state index in [2.05, 4.69) is 0 Å². The van der Waals surface area contributed by atoms with Crippen molar-refractivity contribution in [2.75, 3.05) is 0 Å². The van der Waals surface area contributed by atoms with Crippen LogP contribution in [-0.2, 0) is 22.6 Å². The fourth-order valence-corrected chi connectivity index (χ4v) is 3.16. The Labute approximate surface area is 166 Å². The molecule has 3 aromatic carbocycles. The average Bonchev–Trinajstić information content (AvgIpc) is 2.73. The summed E-state index contributed by atoms with van der Waals surface area (Å²) in [7, 11) is 0. The zero-order valence-electron chi connectivity index (χ0n) is 15.5. The fourth-order valence-electron chi connectivity index (χ4n) is 3.16. The van der Waals surface area contributed by atoms with Gasteiger partial charge >= 0.3 is 11.6 Å². The number of hydrogen-bond donors (Lipinski definition) is 1. The summed E-state index contributed by atoms with van der Waals surface area (Å²) in [4.78, 5) is 24.0. The van der Waals surface area contributed by atoms with Crippen LogP contribution in [0.15, 0.2) is 88.1 Å². The number of carbonyl (C=O) groups excluding carboxylic acids is 1. The molecular formula is C24H18O5. The largest absolute Gasteiger partial charge is 0.508 e. The molecule has 1 heterocycles. The Bertz CT molecular complexity index is 1210. The highest BCUT2D eigenvalue weighted by Crippen LogP contribution is 2.23. The molecular weight excluding hydrogens is 368 g/mol. The van der Waals surface area contributed by atoms with Gasteiger partial charge in [-0.15, -0.1) is 0 Å². The number of benzene rings is 3. The van der Waals surface area contributed by atoms with Gasteiger partial charge in [0.2, 0.25) is 0 Å². The lowest BCUT2D eigenvalue weighted by molar-refractivity contribution is -0.144. The number of esters is 1. The molecule has 5 nitrogen and oxygen atoms in total. The number of aromatic hydroxyl groups is 1. The number of ether oxygens (including phenoxy) is 1. The summed E-state index contributed by atoms with van der Waals surface area (Å²) in [6.07, 6.45) is 0.134. The summed E-state index contributed by atoms with van der Waals surface area (Å²) in [6.45, 7) is -0.0478. The molecule has 1 N–H and O–H groups in total. The van der Waals surface area contributed by atoms with Crippen molar-refractivity contribution in [3.8, 4) is 16.9 Å². The molecule has 0 fully saturated rings. The minimum absolute atomic E-state index is 0.00579. The van der Waals surface area contributed by atoms with Crippen LogP contribution in [0, 0.1) is 0 Å². The number of hydrogen-bond acceptors (Lipinski definition) is 5. The van der Waals surface area contributed by atoms with Gasteiger partial charge in [0.15, 0.2) is 0 Å². The van der Waals surface area contributed by atoms with Crippen molar-refractivity contribution in [2.24, 2.45) is 0 Å². The summed E-state index contributed by atoms with van der Waals surface area (Å²) in [6, 6.07) is 23.5. The molecule has 0 radical (unpaired) electrons. The molecule has 0 bridgehead atoms. The van der Waals surface area contributed by atoms with E-state index in [0.717, 1.165) is 16.7 Å². The summed E-state index contributed by atoms with van der Waals surface area (Å²) in [5.74, 6) is -0.397. The minimum Gasteiger partial charge on any atom is -0.508 e. The second-order valence-corrected chi connectivity index (χ2v) is 6.67. The molecule has 0 saturated carbocycles. The van der Waals surface area contributed by atoms with Crippen molar-refractivity contribution in [1.29, 1.82) is 0 Å². The Kier molecular flexibility index (Phi) is 5.12. The maximum Gasteiger partial charge on any atom is 0.336 e. The number of fused-ring (bicyclic) bond motifs is 1. The smallest absolute Gasteiger partial charge is 0.336 e. The van der Waals surface area contributed by atoms with Crippen LogP contribution in [-0.4, -0.2) is 11.1 Å². The maximum atomic E-state index is 12.3. The van der Waals surface area contributed by atoms with Gasteiger partial charge in [-0.3, -0.25) is 4.79 Å². The van der Waals surface area contributed by atoms with E-state index in [9.17, 15) is 14.7 Å². The van der Waals surface area contributed by atoms with E-state index < -0.39 is 11.6 Å². The Balaban J connectivity index is 1.43. The van der Waals surface area contributed by atoms with E-state index in [0.29, 0.717) is 10.9 Å². The van der Waals surface area contributed by atoms with Crippen LogP contribution in [0.1, 0.15) is 11.1 Å². The predicted octanol–water partition coefficient (Wildman–Crippen LogP) is 4.45. The van der Waals surface area contributed by atoms with E-state index in [4.69, 9.17) is 9.15 Å². The van der Waals surface area contributed by atoms with Crippen molar-refractivity contribution in [3.63, 3.8) is 0 Å². The van der Waals surface area contributed by atoms with Crippen molar-refractivity contribution < 1.29 is 19.1 Å². The quantitative estimate of drug-likeness (QED) is 0.405. The van der Waals surface area contributed by atoms with Gasteiger partial charge in [-0.05, 0) is 28.8 Å². The maximum absolute atomic E-state index is 12.3. The summed E-state index contributed by atoms with van der Waals surface area (Å²) < 4.78 is 10.4. The van der Waals surface area contributed by atoms with Gasteiger partial charge in [0.1, 0.15) is 17.9 Å². The zero-order chi connectivity index (χ0) is 20.2. The first-order valence-electron chi connectivity index (χ1n) is 9.14. The third-order valence-corrected chi connectivity index (χ3v) is 4.61. The van der Waals surface area contributed by atoms with Crippen molar-refractivity contribution >= 4 is 16.9 Å². The highest BCUT2D eigenvalue weighted by atomic mass is 16.5. The van der Waals surface area contributed by atoms with Gasteiger partial charge in [-0.2, -0.15) is 0 Å². The van der Waals surface area contributed by atoms with Gasteiger partial charge in [0.05, 0.1) is 6.42 Å². The minimum atomic E-state index is -0.564. The topological polar surface area (TPSA) is 76.7 Å². The van der Waals surface area contributed by atoms with Gasteiger partial charge < -0.3 is 14.3 Å². The SMILES string of the molecule is O=C(Cc1ccc(-c2ccccc2)cc1)OCc1cc(=O)oc2cc(O)ccc12. The van der Waals surface area contributed by atoms with Crippen LogP contribution in [0.5, 0.6) is 5.75 Å². The third-order valence-electron chi connectivity index (χ3n) is 4.61. The van der Waals surface area contributed by atoms with E-state index in [1.165, 1.54) is 18.2 Å². The third kappa shape index (κ3) is 4.35. The Hall–Kier alpha value is -3.86. The first kappa shape index (κ1) is 18.5. The van der Waals surface area contributed by atoms with Crippen LogP contribution in [0.3, 0.4) is 0 Å². The first-order valence-corrected chi connectivity index (χ1v) is 9.14. The Morgan fingerprint density at radius 3 is 2.38 bits per heavy atom. The number of carbonyl (C=O) groups is 1. The Morgan fingerprint density at radius 1 is 0.897 bits per heavy atom. The highest BCUT2D eigenvalue weighted by Gasteiger charge is 2.10. The lowest BCUT2D eigenvalue weighted by Crippen LogP contribution is -2.10. The van der Waals surface area contributed by atoms with Crippen LogP contribution in [0.25, 0.3) is 22.1 Å². The second-order valence-electron chi connectivity index (χ2n) is 6.67. The molecule has 0 aliphatic carbocycles. The van der Waals surface area contributed by atoms with Crippen molar-refractivity contribution in [1.82, 2.24) is 0 Å². The zero-order valence-corrected chi connectivity index (χ0v) is 15.5. The van der Waals surface area contributed by atoms with Gasteiger partial charge in [-0.1, -0.05) is 54.6 Å². The molecule has 0 atom stereocenters. The standard InChI is InChI=1S/C24H18O5/c25-20-10-11-21-19(13-24(27)29-22(21)14-20)15-28-23(26)12-16-6-8-18(9-7-16)17-4-2-1-3-5-17/h1-11,13-14,25H,12,15H2. The summed E-state index contributed by atoms with van der Waals surface area (Å²) in [5, 5.41) is 10.2. The number of phenols is 1. The predicted molar refractivity (Wildman–Crippen MR) is 110 cm³/mol. The van der Waals surface area contributed by atoms with Gasteiger partial charge in [-0.25, -0.2) is 4.79 Å². The number of phenolic OH excluding ortho intramolecular Hbond substituents is 1. The fraction of sp³-hybridized carbons (Fsp3) is 0.0833. The van der Waals surface area contributed by atoms with Crippen LogP contribution in [0.4, 0.5) is 0 Å². The first-order chi connectivity index (χ1) is 14.1. The van der Waals surface area contributed by atoms with Gasteiger partial charge in [0.25, 0.3) is 0 Å². The monoisotopic (exact) mass is 386 g/mol. The molecule has 4 rings (SSSR count). The molecule has 5 heteroatoms. The highest BCUT2D eigenvalue weighted by molar-refractivity contribution is 5.81. The molecule has 0 spiro atoms. The molecule has 4 aromatic rings. The second kappa shape index (κ2) is 8.02. The molecule has 0 amide bonds. The van der Waals surface area contributed by atoms with Crippen LogP contribution >= 0.6 is 0 Å². The van der Waals surface area contributed by atoms with Crippen LogP contribution < -0.4 is 5.63 Å². The lowest BCUT2D eigenvalue weighted by Gasteiger charge is -2.08. The molecule has 0 aliphatic rings. The molecule has 1 aromatic heterocycles. The number of rotatable bonds is 5. The Morgan fingerprint density at radius 2 is 1.62 bits per heavy atom. The van der Waals surface area contributed by atoms with E-state index in [1.54, 1.807) is 6.07 Å². The summed E-state index contributed by atoms with van der Waals surface area (Å²) >= 11 is 0. The summed E-state index contributed by atoms with van der Waals surface area (Å²) in [5.41, 5.74) is 3.25. The van der Waals surface area contributed by atoms with E-state index in [1.807, 2.05) is 54.6 Å². The van der Waals surface area contributed by atoms with Gasteiger partial charge in [0, 0.05) is 23.1 Å². The van der Waals surface area contributed by atoms with E-state index >= 15 is 0 Å². The normalized spacial score (nSPS) is 10.8. The molecule has 29 heavy (non-hydrogen) atoms. The average molecular weight is 386 g/mol. The van der Waals surface area contributed by atoms with Crippen molar-refractivity contribution in [2.45, 2.75) is 13.0 Å². The van der Waals surface area contributed by atoms with Crippen molar-refractivity contribution in [3.05, 3.63) is 100 Å². The molecule has 144 valence electrons.